The van der Waals surface area contributed by atoms with E-state index in [-0.39, 0.29) is 11.8 Å². The summed E-state index contributed by atoms with van der Waals surface area (Å²) in [5, 5.41) is 2.88. The third-order valence-corrected chi connectivity index (χ3v) is 4.40. The molecule has 1 saturated heterocycles. The number of hydrogen-bond acceptors (Lipinski definition) is 5. The van der Waals surface area contributed by atoms with Gasteiger partial charge < -0.3 is 19.4 Å². The molecule has 138 valence electrons. The van der Waals surface area contributed by atoms with Crippen LogP contribution in [0.5, 0.6) is 5.75 Å². The molecule has 2 heterocycles. The maximum Gasteiger partial charge on any atom is 0.289 e. The summed E-state index contributed by atoms with van der Waals surface area (Å²) in [5.41, 5.74) is 0.725. The van der Waals surface area contributed by atoms with E-state index in [0.717, 1.165) is 18.8 Å². The van der Waals surface area contributed by atoms with Gasteiger partial charge in [0.2, 0.25) is 5.91 Å². The van der Waals surface area contributed by atoms with Crippen LogP contribution in [0.25, 0.3) is 0 Å². The molecule has 0 unspecified atom stereocenters. The molecule has 1 aliphatic rings. The van der Waals surface area contributed by atoms with Gasteiger partial charge in [0.15, 0.2) is 5.76 Å². The number of furan rings is 1. The van der Waals surface area contributed by atoms with E-state index in [1.165, 1.54) is 6.26 Å². The minimum Gasteiger partial charge on any atom is -0.497 e. The number of benzene rings is 1. The zero-order chi connectivity index (χ0) is 18.4. The number of carbonyl (C=O) groups excluding carboxylic acids is 2. The van der Waals surface area contributed by atoms with E-state index < -0.39 is 0 Å². The van der Waals surface area contributed by atoms with E-state index in [2.05, 4.69) is 10.2 Å². The van der Waals surface area contributed by atoms with Crippen molar-refractivity contribution in [2.45, 2.75) is 6.42 Å². The molecule has 0 atom stereocenters. The number of anilines is 1. The number of amides is 2. The van der Waals surface area contributed by atoms with Crippen LogP contribution in [0.2, 0.25) is 0 Å². The first-order valence-electron chi connectivity index (χ1n) is 8.65. The molecule has 7 nitrogen and oxygen atoms in total. The number of ether oxygens (including phenoxy) is 1. The third-order valence-electron chi connectivity index (χ3n) is 4.40. The van der Waals surface area contributed by atoms with Gasteiger partial charge in [-0.1, -0.05) is 6.07 Å². The van der Waals surface area contributed by atoms with Crippen LogP contribution < -0.4 is 10.1 Å². The highest BCUT2D eigenvalue weighted by Crippen LogP contribution is 2.17. The first kappa shape index (κ1) is 18.0. The average molecular weight is 357 g/mol. The van der Waals surface area contributed by atoms with Crippen LogP contribution in [0, 0.1) is 0 Å². The van der Waals surface area contributed by atoms with Gasteiger partial charge in [-0.15, -0.1) is 0 Å². The molecule has 0 aliphatic carbocycles. The summed E-state index contributed by atoms with van der Waals surface area (Å²) in [4.78, 5) is 28.3. The molecule has 0 saturated carbocycles. The van der Waals surface area contributed by atoms with Crippen molar-refractivity contribution >= 4 is 17.5 Å². The first-order valence-corrected chi connectivity index (χ1v) is 8.65. The lowest BCUT2D eigenvalue weighted by molar-refractivity contribution is -0.116. The largest absolute Gasteiger partial charge is 0.497 e. The van der Waals surface area contributed by atoms with Gasteiger partial charge in [0.25, 0.3) is 5.91 Å². The highest BCUT2D eigenvalue weighted by atomic mass is 16.5. The lowest BCUT2D eigenvalue weighted by Crippen LogP contribution is -2.49. The van der Waals surface area contributed by atoms with E-state index in [1.807, 2.05) is 18.2 Å². The fraction of sp³-hybridized carbons (Fsp3) is 0.368. The van der Waals surface area contributed by atoms with Crippen LogP contribution in [0.1, 0.15) is 17.0 Å². The van der Waals surface area contributed by atoms with Gasteiger partial charge in [-0.05, 0) is 24.3 Å². The van der Waals surface area contributed by atoms with Gasteiger partial charge in [0.1, 0.15) is 5.75 Å². The smallest absolute Gasteiger partial charge is 0.289 e. The Morgan fingerprint density at radius 2 is 1.96 bits per heavy atom. The molecule has 1 N–H and O–H groups in total. The molecule has 26 heavy (non-hydrogen) atoms. The maximum atomic E-state index is 12.2. The van der Waals surface area contributed by atoms with Gasteiger partial charge in [-0.2, -0.15) is 0 Å². The summed E-state index contributed by atoms with van der Waals surface area (Å²) in [7, 11) is 1.59. The molecular weight excluding hydrogens is 334 g/mol. The second kappa shape index (κ2) is 8.53. The van der Waals surface area contributed by atoms with Gasteiger partial charge in [-0.3, -0.25) is 14.5 Å². The molecule has 1 aromatic carbocycles. The van der Waals surface area contributed by atoms with Crippen molar-refractivity contribution in [3.05, 3.63) is 48.4 Å². The maximum absolute atomic E-state index is 12.2. The van der Waals surface area contributed by atoms with Crippen LogP contribution in [-0.4, -0.2) is 61.4 Å². The second-order valence-electron chi connectivity index (χ2n) is 6.14. The Balaban J connectivity index is 1.40. The quantitative estimate of drug-likeness (QED) is 0.857. The van der Waals surface area contributed by atoms with Crippen LogP contribution in [-0.2, 0) is 4.79 Å². The summed E-state index contributed by atoms with van der Waals surface area (Å²) in [5.74, 6) is 0.967. The van der Waals surface area contributed by atoms with E-state index in [0.29, 0.717) is 37.6 Å². The minimum atomic E-state index is -0.0783. The zero-order valence-electron chi connectivity index (χ0n) is 14.8. The molecule has 1 fully saturated rings. The summed E-state index contributed by atoms with van der Waals surface area (Å²) >= 11 is 0. The number of methoxy groups -OCH3 is 1. The highest BCUT2D eigenvalue weighted by Gasteiger charge is 2.23. The number of nitrogens with one attached hydrogen (secondary N) is 1. The lowest BCUT2D eigenvalue weighted by Gasteiger charge is -2.34. The Morgan fingerprint density at radius 1 is 1.15 bits per heavy atom. The molecule has 0 radical (unpaired) electrons. The third kappa shape index (κ3) is 4.64. The number of nitrogens with zero attached hydrogens (tertiary/aromatic N) is 2. The molecule has 3 rings (SSSR count). The summed E-state index contributed by atoms with van der Waals surface area (Å²) in [6.45, 7) is 3.43. The number of hydrogen-bond donors (Lipinski definition) is 1. The average Bonchev–Trinajstić information content (AvgIpc) is 3.21. The summed E-state index contributed by atoms with van der Waals surface area (Å²) < 4.78 is 10.3. The number of piperazine rings is 1. The standard InChI is InChI=1S/C19H23N3O4/c1-25-16-5-2-4-15(14-16)20-18(23)7-8-21-9-11-22(12-10-21)19(24)17-6-3-13-26-17/h2-6,13-14H,7-12H2,1H3,(H,20,23). The molecular formula is C19H23N3O4. The van der Waals surface area contributed by atoms with Crippen molar-refractivity contribution in [3.63, 3.8) is 0 Å². The van der Waals surface area contributed by atoms with E-state index in [9.17, 15) is 9.59 Å². The Morgan fingerprint density at radius 3 is 2.65 bits per heavy atom. The SMILES string of the molecule is COc1cccc(NC(=O)CCN2CCN(C(=O)c3ccco3)CC2)c1. The molecule has 7 heteroatoms. The molecule has 2 aromatic rings. The second-order valence-corrected chi connectivity index (χ2v) is 6.14. The Bertz CT molecular complexity index is 737. The number of rotatable bonds is 6. The molecule has 0 bridgehead atoms. The van der Waals surface area contributed by atoms with E-state index in [4.69, 9.17) is 9.15 Å². The lowest BCUT2D eigenvalue weighted by atomic mass is 10.2. The van der Waals surface area contributed by atoms with Gasteiger partial charge >= 0.3 is 0 Å². The predicted molar refractivity (Wildman–Crippen MR) is 97.3 cm³/mol. The topological polar surface area (TPSA) is 75.0 Å². The van der Waals surface area contributed by atoms with Crippen LogP contribution in [0.15, 0.2) is 47.1 Å². The Labute approximate surface area is 152 Å². The molecule has 1 aliphatic heterocycles. The molecule has 0 spiro atoms. The fourth-order valence-electron chi connectivity index (χ4n) is 2.91. The van der Waals surface area contributed by atoms with Gasteiger partial charge in [0.05, 0.1) is 13.4 Å². The normalized spacial score (nSPS) is 14.9. The first-order chi connectivity index (χ1) is 12.7. The minimum absolute atomic E-state index is 0.0349. The fourth-order valence-corrected chi connectivity index (χ4v) is 2.91. The van der Waals surface area contributed by atoms with Crippen molar-refractivity contribution < 1.29 is 18.7 Å². The zero-order valence-corrected chi connectivity index (χ0v) is 14.8. The monoisotopic (exact) mass is 357 g/mol. The van der Waals surface area contributed by atoms with Gasteiger partial charge in [-0.25, -0.2) is 0 Å². The van der Waals surface area contributed by atoms with Crippen LogP contribution >= 0.6 is 0 Å². The van der Waals surface area contributed by atoms with Gasteiger partial charge in [0, 0.05) is 50.9 Å². The Hall–Kier alpha value is -2.80. The highest BCUT2D eigenvalue weighted by molar-refractivity contribution is 5.91. The predicted octanol–water partition coefficient (Wildman–Crippen LogP) is 2.07. The van der Waals surface area contributed by atoms with Crippen molar-refractivity contribution in [2.75, 3.05) is 45.2 Å². The molecule has 2 amide bonds. The molecule has 1 aromatic heterocycles. The summed E-state index contributed by atoms with van der Waals surface area (Å²) in [6, 6.07) is 10.7. The Kier molecular flexibility index (Phi) is 5.91. The summed E-state index contributed by atoms with van der Waals surface area (Å²) in [6.07, 6.45) is 1.91. The van der Waals surface area contributed by atoms with E-state index >= 15 is 0 Å². The van der Waals surface area contributed by atoms with Crippen molar-refractivity contribution in [1.82, 2.24) is 9.80 Å². The van der Waals surface area contributed by atoms with Crippen LogP contribution in [0.3, 0.4) is 0 Å². The number of carbonyl (C=O) groups is 2. The van der Waals surface area contributed by atoms with Crippen LogP contribution in [0.4, 0.5) is 5.69 Å². The van der Waals surface area contributed by atoms with Crippen molar-refractivity contribution in [1.29, 1.82) is 0 Å². The van der Waals surface area contributed by atoms with Crippen molar-refractivity contribution in [3.8, 4) is 5.75 Å². The van der Waals surface area contributed by atoms with Crippen molar-refractivity contribution in [2.24, 2.45) is 0 Å². The van der Waals surface area contributed by atoms with E-state index in [1.54, 1.807) is 30.2 Å².